The summed E-state index contributed by atoms with van der Waals surface area (Å²) >= 11 is 4.22. The second-order valence-corrected chi connectivity index (χ2v) is 3.61. The lowest BCUT2D eigenvalue weighted by molar-refractivity contribution is 0.475. The summed E-state index contributed by atoms with van der Waals surface area (Å²) in [6, 6.07) is 15.0. The molecule has 14 heavy (non-hydrogen) atoms. The highest BCUT2D eigenvalue weighted by atomic mass is 32.1. The number of hydrogen-bond acceptors (Lipinski definition) is 2. The van der Waals surface area contributed by atoms with E-state index in [9.17, 15) is 5.11 Å². The lowest BCUT2D eigenvalue weighted by Crippen LogP contribution is -1.76. The molecule has 1 N–H and O–H groups in total. The minimum atomic E-state index is 0.289. The van der Waals surface area contributed by atoms with Crippen LogP contribution in [-0.2, 0) is 0 Å². The van der Waals surface area contributed by atoms with Crippen molar-refractivity contribution in [1.29, 1.82) is 0 Å². The summed E-state index contributed by atoms with van der Waals surface area (Å²) in [5, 5.41) is 9.31. The van der Waals surface area contributed by atoms with Crippen LogP contribution in [-0.4, -0.2) is 5.11 Å². The third-order valence-electron chi connectivity index (χ3n) is 2.05. The second-order valence-electron chi connectivity index (χ2n) is 3.10. The Hall–Kier alpha value is -1.41. The Morgan fingerprint density at radius 1 is 0.857 bits per heavy atom. The lowest BCUT2D eigenvalue weighted by atomic mass is 10.1. The van der Waals surface area contributed by atoms with Gasteiger partial charge in [0.2, 0.25) is 0 Å². The van der Waals surface area contributed by atoms with Crippen molar-refractivity contribution in [2.24, 2.45) is 0 Å². The van der Waals surface area contributed by atoms with Crippen molar-refractivity contribution >= 4 is 12.6 Å². The molecule has 2 aromatic carbocycles. The van der Waals surface area contributed by atoms with Gasteiger partial charge in [0.05, 0.1) is 0 Å². The van der Waals surface area contributed by atoms with Crippen LogP contribution in [0.15, 0.2) is 53.4 Å². The monoisotopic (exact) mass is 202 g/mol. The highest BCUT2D eigenvalue weighted by Crippen LogP contribution is 2.23. The fraction of sp³-hybridized carbons (Fsp3) is 0. The van der Waals surface area contributed by atoms with Crippen molar-refractivity contribution < 1.29 is 5.11 Å². The first-order valence-corrected chi connectivity index (χ1v) is 4.79. The zero-order valence-corrected chi connectivity index (χ0v) is 8.41. The molecule has 0 bridgehead atoms. The zero-order chi connectivity index (χ0) is 9.97. The van der Waals surface area contributed by atoms with E-state index in [0.717, 1.165) is 16.0 Å². The molecule has 0 aliphatic carbocycles. The number of phenols is 1. The van der Waals surface area contributed by atoms with Gasteiger partial charge in [0.15, 0.2) is 0 Å². The molecule has 0 unspecified atom stereocenters. The quantitative estimate of drug-likeness (QED) is 0.679. The Morgan fingerprint density at radius 3 is 2.21 bits per heavy atom. The molecular weight excluding hydrogens is 192 g/mol. The number of hydrogen-bond donors (Lipinski definition) is 2. The molecule has 1 nitrogen and oxygen atoms in total. The minimum absolute atomic E-state index is 0.289. The number of phenolic OH excluding ortho intramolecular Hbond substituents is 1. The molecule has 2 rings (SSSR count). The molecule has 0 saturated heterocycles. The summed E-state index contributed by atoms with van der Waals surface area (Å²) in [6.07, 6.45) is 0. The normalized spacial score (nSPS) is 10.1. The number of aromatic hydroxyl groups is 1. The Labute approximate surface area is 88.4 Å². The highest BCUT2D eigenvalue weighted by molar-refractivity contribution is 7.80. The van der Waals surface area contributed by atoms with Crippen molar-refractivity contribution in [1.82, 2.24) is 0 Å². The molecule has 0 radical (unpaired) electrons. The van der Waals surface area contributed by atoms with Gasteiger partial charge < -0.3 is 5.11 Å². The maximum Gasteiger partial charge on any atom is 0.116 e. The highest BCUT2D eigenvalue weighted by Gasteiger charge is 1.97. The van der Waals surface area contributed by atoms with Crippen LogP contribution >= 0.6 is 12.6 Å². The van der Waals surface area contributed by atoms with Crippen LogP contribution in [0, 0.1) is 0 Å². The van der Waals surface area contributed by atoms with Gasteiger partial charge in [-0.3, -0.25) is 0 Å². The number of thiol groups is 1. The Bertz CT molecular complexity index is 434. The molecule has 2 aromatic rings. The topological polar surface area (TPSA) is 20.2 Å². The van der Waals surface area contributed by atoms with E-state index in [2.05, 4.69) is 12.6 Å². The summed E-state index contributed by atoms with van der Waals surface area (Å²) in [7, 11) is 0. The van der Waals surface area contributed by atoms with Crippen LogP contribution in [0.25, 0.3) is 11.1 Å². The van der Waals surface area contributed by atoms with Crippen LogP contribution in [0.2, 0.25) is 0 Å². The number of rotatable bonds is 1. The zero-order valence-electron chi connectivity index (χ0n) is 7.51. The molecule has 0 aliphatic heterocycles. The van der Waals surface area contributed by atoms with Gasteiger partial charge in [-0.05, 0) is 35.4 Å². The van der Waals surface area contributed by atoms with Gasteiger partial charge in [0.1, 0.15) is 5.75 Å². The standard InChI is InChI=1S/C12H10OS/c13-11-3-1-2-10(8-11)9-4-6-12(14)7-5-9/h1-8,13-14H. The first-order valence-electron chi connectivity index (χ1n) is 4.34. The molecule has 0 spiro atoms. The molecule has 0 saturated carbocycles. The summed E-state index contributed by atoms with van der Waals surface area (Å²) in [5.74, 6) is 0.289. The van der Waals surface area contributed by atoms with E-state index in [-0.39, 0.29) is 5.75 Å². The van der Waals surface area contributed by atoms with E-state index in [0.29, 0.717) is 0 Å². The predicted molar refractivity (Wildman–Crippen MR) is 60.8 cm³/mol. The van der Waals surface area contributed by atoms with Crippen molar-refractivity contribution in [3.05, 3.63) is 48.5 Å². The van der Waals surface area contributed by atoms with Gasteiger partial charge >= 0.3 is 0 Å². The van der Waals surface area contributed by atoms with Crippen molar-refractivity contribution in [3.8, 4) is 16.9 Å². The fourth-order valence-electron chi connectivity index (χ4n) is 1.34. The van der Waals surface area contributed by atoms with Crippen LogP contribution in [0.3, 0.4) is 0 Å². The summed E-state index contributed by atoms with van der Waals surface area (Å²) in [6.45, 7) is 0. The molecular formula is C12H10OS. The van der Waals surface area contributed by atoms with Gasteiger partial charge in [-0.25, -0.2) is 0 Å². The van der Waals surface area contributed by atoms with Crippen molar-refractivity contribution in [2.75, 3.05) is 0 Å². The molecule has 0 heterocycles. The van der Waals surface area contributed by atoms with E-state index in [1.807, 2.05) is 36.4 Å². The van der Waals surface area contributed by atoms with Gasteiger partial charge in [0, 0.05) is 4.90 Å². The number of benzene rings is 2. The lowest BCUT2D eigenvalue weighted by Gasteiger charge is -2.02. The third kappa shape index (κ3) is 1.91. The van der Waals surface area contributed by atoms with Crippen LogP contribution in [0.4, 0.5) is 0 Å². The average molecular weight is 202 g/mol. The minimum Gasteiger partial charge on any atom is -0.508 e. The van der Waals surface area contributed by atoms with Crippen molar-refractivity contribution in [3.63, 3.8) is 0 Å². The maximum atomic E-state index is 9.31. The van der Waals surface area contributed by atoms with Crippen molar-refractivity contribution in [2.45, 2.75) is 4.90 Å². The van der Waals surface area contributed by atoms with Gasteiger partial charge in [0.25, 0.3) is 0 Å². The van der Waals surface area contributed by atoms with Crippen LogP contribution in [0.1, 0.15) is 0 Å². The van der Waals surface area contributed by atoms with Gasteiger partial charge in [-0.1, -0.05) is 24.3 Å². The first-order chi connectivity index (χ1) is 6.75. The summed E-state index contributed by atoms with van der Waals surface area (Å²) in [5.41, 5.74) is 2.09. The largest absolute Gasteiger partial charge is 0.508 e. The predicted octanol–water partition coefficient (Wildman–Crippen LogP) is 3.35. The van der Waals surface area contributed by atoms with Crippen LogP contribution < -0.4 is 0 Å². The fourth-order valence-corrected chi connectivity index (χ4v) is 1.49. The molecule has 0 aliphatic rings. The second kappa shape index (κ2) is 3.76. The maximum absolute atomic E-state index is 9.31. The molecule has 0 aromatic heterocycles. The smallest absolute Gasteiger partial charge is 0.116 e. The van der Waals surface area contributed by atoms with E-state index in [1.165, 1.54) is 0 Å². The van der Waals surface area contributed by atoms with E-state index >= 15 is 0 Å². The Kier molecular flexibility index (Phi) is 2.46. The average Bonchev–Trinajstić information content (AvgIpc) is 2.19. The first kappa shape index (κ1) is 9.16. The Balaban J connectivity index is 2.44. The Morgan fingerprint density at radius 2 is 1.57 bits per heavy atom. The van der Waals surface area contributed by atoms with Crippen LogP contribution in [0.5, 0.6) is 5.75 Å². The molecule has 70 valence electrons. The van der Waals surface area contributed by atoms with E-state index in [1.54, 1.807) is 12.1 Å². The van der Waals surface area contributed by atoms with Gasteiger partial charge in [-0.15, -0.1) is 12.6 Å². The third-order valence-corrected chi connectivity index (χ3v) is 2.34. The van der Waals surface area contributed by atoms with E-state index in [4.69, 9.17) is 0 Å². The summed E-state index contributed by atoms with van der Waals surface area (Å²) in [4.78, 5) is 0.939. The van der Waals surface area contributed by atoms with E-state index < -0.39 is 0 Å². The summed E-state index contributed by atoms with van der Waals surface area (Å²) < 4.78 is 0. The SMILES string of the molecule is Oc1cccc(-c2ccc(S)cc2)c1. The molecule has 0 fully saturated rings. The molecule has 2 heteroatoms. The molecule has 0 atom stereocenters. The van der Waals surface area contributed by atoms with Gasteiger partial charge in [-0.2, -0.15) is 0 Å². The molecule has 0 amide bonds.